The smallest absolute Gasteiger partial charge is 0.317 e. The third-order valence-electron chi connectivity index (χ3n) is 4.79. The second-order valence-corrected chi connectivity index (χ2v) is 7.14. The van der Waals surface area contributed by atoms with E-state index >= 15 is 0 Å². The second kappa shape index (κ2) is 7.61. The Morgan fingerprint density at radius 1 is 0.966 bits per heavy atom. The number of benzene rings is 2. The van der Waals surface area contributed by atoms with Crippen molar-refractivity contribution in [3.05, 3.63) is 65.2 Å². The topological polar surface area (TPSA) is 32.3 Å². The number of carbonyl (C=O) groups excluding carboxylic acids is 1. The first-order valence-electron chi connectivity index (χ1n) is 8.87. The third-order valence-corrected chi connectivity index (χ3v) is 4.79. The van der Waals surface area contributed by atoms with Crippen LogP contribution in [0.15, 0.2) is 48.5 Å². The van der Waals surface area contributed by atoms with Crippen LogP contribution >= 0.6 is 0 Å². The summed E-state index contributed by atoms with van der Waals surface area (Å²) in [4.78, 5) is 14.2. The first-order valence-corrected chi connectivity index (χ1v) is 8.87. The fourth-order valence-corrected chi connectivity index (χ4v) is 3.48. The van der Waals surface area contributed by atoms with Crippen LogP contribution in [-0.4, -0.2) is 17.5 Å². The second-order valence-electron chi connectivity index (χ2n) is 7.14. The molecular formula is C20H18F6N2O. The zero-order valence-electron chi connectivity index (χ0n) is 15.3. The molecule has 1 aliphatic heterocycles. The van der Waals surface area contributed by atoms with Crippen molar-refractivity contribution in [1.29, 1.82) is 0 Å². The highest BCUT2D eigenvalue weighted by molar-refractivity contribution is 5.90. The molecular weight excluding hydrogens is 398 g/mol. The van der Waals surface area contributed by atoms with Crippen LogP contribution in [0.3, 0.4) is 0 Å². The number of alkyl halides is 6. The lowest BCUT2D eigenvalue weighted by atomic mass is 10.0. The molecule has 3 nitrogen and oxygen atoms in total. The molecule has 1 aliphatic rings. The average Bonchev–Trinajstić information content (AvgIpc) is 3.03. The molecule has 1 heterocycles. The van der Waals surface area contributed by atoms with E-state index in [0.717, 1.165) is 5.56 Å². The molecule has 2 aromatic rings. The molecule has 9 heteroatoms. The maximum atomic E-state index is 13.0. The summed E-state index contributed by atoms with van der Waals surface area (Å²) in [6.45, 7) is 2.27. The van der Waals surface area contributed by atoms with Gasteiger partial charge in [-0.3, -0.25) is 0 Å². The van der Waals surface area contributed by atoms with Crippen LogP contribution in [0.2, 0.25) is 0 Å². The van der Waals surface area contributed by atoms with Gasteiger partial charge in [0.15, 0.2) is 0 Å². The first-order chi connectivity index (χ1) is 13.4. The SMILES string of the molecule is CC1C[C@@H](c2ccccc2)N(C(=O)Nc2cc(C(F)(F)F)cc(C(F)(F)F)c2)C1. The highest BCUT2D eigenvalue weighted by atomic mass is 19.4. The molecule has 0 aromatic heterocycles. The summed E-state index contributed by atoms with van der Waals surface area (Å²) >= 11 is 0. The number of halogens is 6. The summed E-state index contributed by atoms with van der Waals surface area (Å²) in [6.07, 6.45) is -9.31. The van der Waals surface area contributed by atoms with Gasteiger partial charge in [0.1, 0.15) is 0 Å². The lowest BCUT2D eigenvalue weighted by Gasteiger charge is -2.26. The average molecular weight is 416 g/mol. The van der Waals surface area contributed by atoms with Gasteiger partial charge in [-0.25, -0.2) is 4.79 Å². The van der Waals surface area contributed by atoms with Gasteiger partial charge in [-0.05, 0) is 36.1 Å². The number of rotatable bonds is 2. The Morgan fingerprint density at radius 2 is 1.52 bits per heavy atom. The predicted octanol–water partition coefficient (Wildman–Crippen LogP) is 6.34. The molecule has 0 bridgehead atoms. The molecule has 156 valence electrons. The number of hydrogen-bond acceptors (Lipinski definition) is 1. The van der Waals surface area contributed by atoms with Gasteiger partial charge in [0.2, 0.25) is 0 Å². The van der Waals surface area contributed by atoms with Crippen LogP contribution in [0.1, 0.15) is 36.1 Å². The molecule has 2 amide bonds. The molecule has 2 atom stereocenters. The van der Waals surface area contributed by atoms with E-state index in [1.54, 1.807) is 12.1 Å². The van der Waals surface area contributed by atoms with Crippen molar-refractivity contribution in [2.45, 2.75) is 31.7 Å². The minimum atomic E-state index is -4.98. The van der Waals surface area contributed by atoms with Crippen molar-refractivity contribution >= 4 is 11.7 Å². The van der Waals surface area contributed by atoms with E-state index in [4.69, 9.17) is 0 Å². The molecule has 3 rings (SSSR count). The zero-order valence-corrected chi connectivity index (χ0v) is 15.3. The Hall–Kier alpha value is -2.71. The maximum absolute atomic E-state index is 13.0. The lowest BCUT2D eigenvalue weighted by molar-refractivity contribution is -0.143. The van der Waals surface area contributed by atoms with Crippen LogP contribution in [0.25, 0.3) is 0 Å². The number of urea groups is 1. The molecule has 1 unspecified atom stereocenters. The number of hydrogen-bond donors (Lipinski definition) is 1. The van der Waals surface area contributed by atoms with Crippen molar-refractivity contribution in [3.63, 3.8) is 0 Å². The third kappa shape index (κ3) is 4.83. The molecule has 0 spiro atoms. The van der Waals surface area contributed by atoms with Crippen molar-refractivity contribution < 1.29 is 31.1 Å². The maximum Gasteiger partial charge on any atom is 0.416 e. The van der Waals surface area contributed by atoms with Crippen molar-refractivity contribution in [2.75, 3.05) is 11.9 Å². The quantitative estimate of drug-likeness (QED) is 0.570. The minimum absolute atomic E-state index is 0.0281. The van der Waals surface area contributed by atoms with E-state index in [1.807, 2.05) is 25.1 Å². The standard InChI is InChI=1S/C20H18F6N2O/c1-12-7-17(13-5-3-2-4-6-13)28(11-12)18(29)27-16-9-14(19(21,22)23)8-15(10-16)20(24,25)26/h2-6,8-10,12,17H,7,11H2,1H3,(H,27,29)/t12?,17-/m0/s1. The highest BCUT2D eigenvalue weighted by Gasteiger charge is 2.38. The Labute approximate surface area is 163 Å². The number of likely N-dealkylation sites (tertiary alicyclic amines) is 1. The summed E-state index contributed by atoms with van der Waals surface area (Å²) in [6, 6.07) is 9.06. The molecule has 1 N–H and O–H groups in total. The van der Waals surface area contributed by atoms with Gasteiger partial charge in [-0.1, -0.05) is 37.3 Å². The summed E-state index contributed by atoms with van der Waals surface area (Å²) < 4.78 is 78.1. The normalized spacial score (nSPS) is 20.0. The molecule has 1 saturated heterocycles. The molecule has 0 aliphatic carbocycles. The Kier molecular flexibility index (Phi) is 5.51. The van der Waals surface area contributed by atoms with Gasteiger partial charge >= 0.3 is 18.4 Å². The Bertz CT molecular complexity index is 847. The van der Waals surface area contributed by atoms with Gasteiger partial charge in [-0.15, -0.1) is 0 Å². The number of anilines is 1. The van der Waals surface area contributed by atoms with Crippen LogP contribution in [0.5, 0.6) is 0 Å². The molecule has 2 aromatic carbocycles. The fourth-order valence-electron chi connectivity index (χ4n) is 3.48. The van der Waals surface area contributed by atoms with Gasteiger partial charge in [-0.2, -0.15) is 26.3 Å². The van der Waals surface area contributed by atoms with Gasteiger partial charge in [0, 0.05) is 12.2 Å². The summed E-state index contributed by atoms with van der Waals surface area (Å²) in [5.41, 5.74) is -2.65. The number of nitrogens with zero attached hydrogens (tertiary/aromatic N) is 1. The lowest BCUT2D eigenvalue weighted by Crippen LogP contribution is -2.35. The van der Waals surface area contributed by atoms with Gasteiger partial charge in [0.05, 0.1) is 17.2 Å². The zero-order chi connectivity index (χ0) is 21.4. The molecule has 1 fully saturated rings. The highest BCUT2D eigenvalue weighted by Crippen LogP contribution is 2.39. The molecule has 29 heavy (non-hydrogen) atoms. The summed E-state index contributed by atoms with van der Waals surface area (Å²) in [7, 11) is 0. The number of nitrogens with one attached hydrogen (secondary N) is 1. The largest absolute Gasteiger partial charge is 0.416 e. The van der Waals surface area contributed by atoms with Gasteiger partial charge in [0.25, 0.3) is 0 Å². The van der Waals surface area contributed by atoms with E-state index in [0.29, 0.717) is 25.1 Å². The van der Waals surface area contributed by atoms with Crippen molar-refractivity contribution in [2.24, 2.45) is 5.92 Å². The number of amides is 2. The van der Waals surface area contributed by atoms with Crippen molar-refractivity contribution in [1.82, 2.24) is 4.90 Å². The van der Waals surface area contributed by atoms with Crippen LogP contribution in [-0.2, 0) is 12.4 Å². The van der Waals surface area contributed by atoms with E-state index in [2.05, 4.69) is 5.32 Å². The summed E-state index contributed by atoms with van der Waals surface area (Å²) in [5, 5.41) is 2.22. The van der Waals surface area contributed by atoms with E-state index in [9.17, 15) is 31.1 Å². The first kappa shape index (κ1) is 21.0. The van der Waals surface area contributed by atoms with Crippen LogP contribution in [0.4, 0.5) is 36.8 Å². The molecule has 0 radical (unpaired) electrons. The summed E-state index contributed by atoms with van der Waals surface area (Å²) in [5.74, 6) is 0.137. The monoisotopic (exact) mass is 416 g/mol. The predicted molar refractivity (Wildman–Crippen MR) is 95.1 cm³/mol. The van der Waals surface area contributed by atoms with Crippen molar-refractivity contribution in [3.8, 4) is 0 Å². The number of carbonyl (C=O) groups is 1. The van der Waals surface area contributed by atoms with Crippen LogP contribution in [0, 0.1) is 5.92 Å². The minimum Gasteiger partial charge on any atom is -0.317 e. The Balaban J connectivity index is 1.89. The van der Waals surface area contributed by atoms with E-state index < -0.39 is 35.2 Å². The van der Waals surface area contributed by atoms with Gasteiger partial charge < -0.3 is 10.2 Å². The van der Waals surface area contributed by atoms with Crippen LogP contribution < -0.4 is 5.32 Å². The Morgan fingerprint density at radius 3 is 2.03 bits per heavy atom. The van der Waals surface area contributed by atoms with E-state index in [-0.39, 0.29) is 18.0 Å². The van der Waals surface area contributed by atoms with E-state index in [1.165, 1.54) is 4.90 Å². The fraction of sp³-hybridized carbons (Fsp3) is 0.350. The molecule has 0 saturated carbocycles.